The zero-order valence-corrected chi connectivity index (χ0v) is 18.3. The van der Waals surface area contributed by atoms with Crippen LogP contribution < -0.4 is 4.74 Å². The number of hydrogen-bond donors (Lipinski definition) is 0. The lowest BCUT2D eigenvalue weighted by atomic mass is 10.1. The van der Waals surface area contributed by atoms with Gasteiger partial charge in [0.2, 0.25) is 5.91 Å². The van der Waals surface area contributed by atoms with Crippen molar-refractivity contribution in [2.75, 3.05) is 0 Å². The van der Waals surface area contributed by atoms with Gasteiger partial charge in [-0.15, -0.1) is 0 Å². The van der Waals surface area contributed by atoms with E-state index in [9.17, 15) is 4.79 Å². The average Bonchev–Trinajstić information content (AvgIpc) is 2.99. The van der Waals surface area contributed by atoms with Crippen LogP contribution in [0.2, 0.25) is 0 Å². The van der Waals surface area contributed by atoms with Gasteiger partial charge < -0.3 is 14.2 Å². The van der Waals surface area contributed by atoms with E-state index in [2.05, 4.69) is 39.8 Å². The van der Waals surface area contributed by atoms with Crippen LogP contribution in [-0.2, 0) is 17.9 Å². The molecule has 0 saturated carbocycles. The maximum absolute atomic E-state index is 13.1. The maximum atomic E-state index is 13.1. The standard InChI is InChI=1S/C24H31N3O2/c1-16(2)27(17(3)4)24(28)14-26-21-10-8-7-9-20(21)25-23(26)15-29-22-13-18(5)11-12-19(22)6/h7-13,16-17H,14-15H2,1-6H3. The van der Waals surface area contributed by atoms with Crippen LogP contribution in [0.25, 0.3) is 11.0 Å². The summed E-state index contributed by atoms with van der Waals surface area (Å²) in [5.74, 6) is 1.69. The predicted octanol–water partition coefficient (Wildman–Crippen LogP) is 4.88. The molecule has 154 valence electrons. The van der Waals surface area contributed by atoms with Gasteiger partial charge in [0.1, 0.15) is 24.7 Å². The molecule has 0 saturated heterocycles. The lowest BCUT2D eigenvalue weighted by molar-refractivity contribution is -0.135. The van der Waals surface area contributed by atoms with Gasteiger partial charge in [-0.25, -0.2) is 4.98 Å². The molecule has 0 radical (unpaired) electrons. The number of hydrogen-bond acceptors (Lipinski definition) is 3. The Bertz CT molecular complexity index is 997. The van der Waals surface area contributed by atoms with Crippen LogP contribution in [0.1, 0.15) is 44.6 Å². The molecule has 1 amide bonds. The van der Waals surface area contributed by atoms with Crippen LogP contribution >= 0.6 is 0 Å². The number of rotatable bonds is 7. The van der Waals surface area contributed by atoms with E-state index in [1.165, 1.54) is 0 Å². The van der Waals surface area contributed by atoms with Crippen molar-refractivity contribution >= 4 is 16.9 Å². The van der Waals surface area contributed by atoms with Gasteiger partial charge in [-0.05, 0) is 70.9 Å². The summed E-state index contributed by atoms with van der Waals surface area (Å²) in [7, 11) is 0. The molecular formula is C24H31N3O2. The molecule has 3 aromatic rings. The number of imidazole rings is 1. The highest BCUT2D eigenvalue weighted by Crippen LogP contribution is 2.22. The lowest BCUT2D eigenvalue weighted by Gasteiger charge is -2.31. The van der Waals surface area contributed by atoms with E-state index >= 15 is 0 Å². The van der Waals surface area contributed by atoms with Crippen molar-refractivity contribution in [2.24, 2.45) is 0 Å². The number of para-hydroxylation sites is 2. The summed E-state index contributed by atoms with van der Waals surface area (Å²) in [4.78, 5) is 19.8. The molecule has 0 spiro atoms. The number of benzene rings is 2. The van der Waals surface area contributed by atoms with E-state index in [4.69, 9.17) is 9.72 Å². The second-order valence-electron chi connectivity index (χ2n) is 8.15. The van der Waals surface area contributed by atoms with Crippen molar-refractivity contribution in [2.45, 2.75) is 66.8 Å². The quantitative estimate of drug-likeness (QED) is 0.575. The summed E-state index contributed by atoms with van der Waals surface area (Å²) in [5.41, 5.74) is 4.06. The number of aromatic nitrogens is 2. The van der Waals surface area contributed by atoms with Crippen LogP contribution in [0, 0.1) is 13.8 Å². The number of nitrogens with zero attached hydrogens (tertiary/aromatic N) is 3. The summed E-state index contributed by atoms with van der Waals surface area (Å²) in [5, 5.41) is 0. The molecule has 0 aliphatic rings. The molecule has 1 aromatic heterocycles. The van der Waals surface area contributed by atoms with Gasteiger partial charge in [0, 0.05) is 12.1 Å². The van der Waals surface area contributed by atoms with Crippen LogP contribution in [0.15, 0.2) is 42.5 Å². The summed E-state index contributed by atoms with van der Waals surface area (Å²) >= 11 is 0. The molecule has 0 unspecified atom stereocenters. The second-order valence-corrected chi connectivity index (χ2v) is 8.15. The highest BCUT2D eigenvalue weighted by molar-refractivity contribution is 5.81. The van der Waals surface area contributed by atoms with Crippen LogP contribution in [0.3, 0.4) is 0 Å². The van der Waals surface area contributed by atoms with Crippen molar-refractivity contribution in [3.05, 3.63) is 59.4 Å². The first-order valence-electron chi connectivity index (χ1n) is 10.2. The number of aryl methyl sites for hydroxylation is 2. The van der Waals surface area contributed by atoms with Crippen LogP contribution in [0.4, 0.5) is 0 Å². The first-order valence-corrected chi connectivity index (χ1v) is 10.2. The molecule has 29 heavy (non-hydrogen) atoms. The fourth-order valence-corrected chi connectivity index (χ4v) is 3.81. The Hall–Kier alpha value is -2.82. The van der Waals surface area contributed by atoms with Gasteiger partial charge >= 0.3 is 0 Å². The van der Waals surface area contributed by atoms with Crippen molar-refractivity contribution in [1.29, 1.82) is 0 Å². The van der Waals surface area contributed by atoms with E-state index in [1.807, 2.05) is 53.6 Å². The summed E-state index contributed by atoms with van der Waals surface area (Å²) in [6, 6.07) is 14.4. The third-order valence-electron chi connectivity index (χ3n) is 5.13. The molecule has 3 rings (SSSR count). The highest BCUT2D eigenvalue weighted by Gasteiger charge is 2.22. The summed E-state index contributed by atoms with van der Waals surface area (Å²) in [6.07, 6.45) is 0. The smallest absolute Gasteiger partial charge is 0.243 e. The summed E-state index contributed by atoms with van der Waals surface area (Å²) in [6.45, 7) is 12.8. The van der Waals surface area contributed by atoms with Gasteiger partial charge in [-0.1, -0.05) is 24.3 Å². The van der Waals surface area contributed by atoms with Gasteiger partial charge in [0.25, 0.3) is 0 Å². The fraction of sp³-hybridized carbons (Fsp3) is 0.417. The molecule has 1 heterocycles. The van der Waals surface area contributed by atoms with Crippen molar-refractivity contribution < 1.29 is 9.53 Å². The highest BCUT2D eigenvalue weighted by atomic mass is 16.5. The van der Waals surface area contributed by atoms with Crippen molar-refractivity contribution in [1.82, 2.24) is 14.5 Å². The van der Waals surface area contributed by atoms with E-state index in [-0.39, 0.29) is 24.5 Å². The fourth-order valence-electron chi connectivity index (χ4n) is 3.81. The van der Waals surface area contributed by atoms with Crippen LogP contribution in [0.5, 0.6) is 5.75 Å². The first kappa shape index (κ1) is 20.9. The molecule has 5 heteroatoms. The maximum Gasteiger partial charge on any atom is 0.243 e. The largest absolute Gasteiger partial charge is 0.485 e. The minimum atomic E-state index is 0.0890. The Morgan fingerprint density at radius 2 is 1.76 bits per heavy atom. The molecule has 0 N–H and O–H groups in total. The Labute approximate surface area is 173 Å². The number of ether oxygens (including phenoxy) is 1. The third kappa shape index (κ3) is 4.61. The Morgan fingerprint density at radius 3 is 2.45 bits per heavy atom. The molecule has 0 bridgehead atoms. The Kier molecular flexibility index (Phi) is 6.26. The Morgan fingerprint density at radius 1 is 1.07 bits per heavy atom. The van der Waals surface area contributed by atoms with E-state index in [1.54, 1.807) is 0 Å². The van der Waals surface area contributed by atoms with Gasteiger partial charge in [0.15, 0.2) is 0 Å². The molecule has 2 aromatic carbocycles. The predicted molar refractivity (Wildman–Crippen MR) is 117 cm³/mol. The number of fused-ring (bicyclic) bond motifs is 1. The zero-order chi connectivity index (χ0) is 21.1. The zero-order valence-electron chi connectivity index (χ0n) is 18.3. The molecule has 5 nitrogen and oxygen atoms in total. The third-order valence-corrected chi connectivity index (χ3v) is 5.13. The molecular weight excluding hydrogens is 362 g/mol. The van der Waals surface area contributed by atoms with Crippen molar-refractivity contribution in [3.63, 3.8) is 0 Å². The van der Waals surface area contributed by atoms with E-state index in [0.29, 0.717) is 6.61 Å². The monoisotopic (exact) mass is 393 g/mol. The molecule has 0 aliphatic heterocycles. The number of carbonyl (C=O) groups excluding carboxylic acids is 1. The molecule has 0 fully saturated rings. The number of carbonyl (C=O) groups is 1. The molecule has 0 aliphatic carbocycles. The van der Waals surface area contributed by atoms with E-state index in [0.717, 1.165) is 33.7 Å². The van der Waals surface area contributed by atoms with Crippen LogP contribution in [-0.4, -0.2) is 32.4 Å². The lowest BCUT2D eigenvalue weighted by Crippen LogP contribution is -2.43. The Balaban J connectivity index is 1.92. The number of amides is 1. The summed E-state index contributed by atoms with van der Waals surface area (Å²) < 4.78 is 8.09. The second kappa shape index (κ2) is 8.68. The van der Waals surface area contributed by atoms with Gasteiger partial charge in [-0.3, -0.25) is 4.79 Å². The first-order chi connectivity index (χ1) is 13.8. The normalized spacial score (nSPS) is 11.4. The van der Waals surface area contributed by atoms with E-state index < -0.39 is 0 Å². The van der Waals surface area contributed by atoms with Crippen molar-refractivity contribution in [3.8, 4) is 5.75 Å². The molecule has 0 atom stereocenters. The minimum absolute atomic E-state index is 0.0890. The van der Waals surface area contributed by atoms with Gasteiger partial charge in [0.05, 0.1) is 11.0 Å². The average molecular weight is 394 g/mol. The van der Waals surface area contributed by atoms with Gasteiger partial charge in [-0.2, -0.15) is 0 Å². The minimum Gasteiger partial charge on any atom is -0.485 e. The SMILES string of the molecule is Cc1ccc(C)c(OCc2nc3ccccc3n2CC(=O)N(C(C)C)C(C)C)c1. The topological polar surface area (TPSA) is 47.4 Å².